The molecule has 7 heteroatoms. The van der Waals surface area contributed by atoms with Crippen molar-refractivity contribution in [2.45, 2.75) is 31.8 Å². The van der Waals surface area contributed by atoms with E-state index in [0.29, 0.717) is 25.9 Å². The first kappa shape index (κ1) is 19.9. The number of fused-ring (bicyclic) bond motifs is 2. The van der Waals surface area contributed by atoms with Crippen LogP contribution in [0.1, 0.15) is 23.1 Å². The molecule has 0 bridgehead atoms. The molecule has 0 aromatic heterocycles. The van der Waals surface area contributed by atoms with Crippen LogP contribution >= 0.6 is 0 Å². The first-order chi connectivity index (χ1) is 14.6. The molecule has 156 valence electrons. The second kappa shape index (κ2) is 8.57. The zero-order valence-corrected chi connectivity index (χ0v) is 17.0. The second-order valence-electron chi connectivity index (χ2n) is 7.59. The van der Waals surface area contributed by atoms with Crippen molar-refractivity contribution in [2.75, 3.05) is 20.2 Å². The standard InChI is InChI=1S/C23H25N3O4/c1-30-19-8-6-16(7-9-19)10-12-24-21(27)11-13-25-22(28)20-14-17-4-2-3-5-18(17)15-26(20)23(25)29/h2-9,20H,10-15H2,1H3,(H,24,27)/t20-/m0/s1. The van der Waals surface area contributed by atoms with Crippen LogP contribution in [0.5, 0.6) is 5.75 Å². The number of amides is 4. The van der Waals surface area contributed by atoms with Crippen LogP contribution in [0.4, 0.5) is 4.79 Å². The zero-order chi connectivity index (χ0) is 21.1. The van der Waals surface area contributed by atoms with Crippen LogP contribution in [0.25, 0.3) is 0 Å². The number of carbonyl (C=O) groups excluding carboxylic acids is 3. The van der Waals surface area contributed by atoms with Crippen molar-refractivity contribution < 1.29 is 19.1 Å². The summed E-state index contributed by atoms with van der Waals surface area (Å²) in [5.74, 6) is 0.417. The molecule has 1 atom stereocenters. The van der Waals surface area contributed by atoms with Crippen LogP contribution in [-0.2, 0) is 29.0 Å². The lowest BCUT2D eigenvalue weighted by Crippen LogP contribution is -2.40. The van der Waals surface area contributed by atoms with Gasteiger partial charge in [-0.2, -0.15) is 0 Å². The van der Waals surface area contributed by atoms with Gasteiger partial charge in [0.05, 0.1) is 7.11 Å². The van der Waals surface area contributed by atoms with E-state index in [1.165, 1.54) is 4.90 Å². The number of urea groups is 1. The molecule has 0 spiro atoms. The Labute approximate surface area is 175 Å². The minimum atomic E-state index is -0.453. The van der Waals surface area contributed by atoms with Gasteiger partial charge in [-0.15, -0.1) is 0 Å². The molecule has 4 amide bonds. The van der Waals surface area contributed by atoms with Gasteiger partial charge in [-0.25, -0.2) is 4.79 Å². The summed E-state index contributed by atoms with van der Waals surface area (Å²) < 4.78 is 5.13. The minimum Gasteiger partial charge on any atom is -0.497 e. The molecule has 0 radical (unpaired) electrons. The van der Waals surface area contributed by atoms with Crippen molar-refractivity contribution in [1.29, 1.82) is 0 Å². The van der Waals surface area contributed by atoms with Crippen LogP contribution in [0.15, 0.2) is 48.5 Å². The van der Waals surface area contributed by atoms with E-state index in [1.807, 2.05) is 48.5 Å². The minimum absolute atomic E-state index is 0.105. The lowest BCUT2D eigenvalue weighted by Gasteiger charge is -2.28. The molecule has 2 aliphatic heterocycles. The molecule has 2 aliphatic rings. The highest BCUT2D eigenvalue weighted by atomic mass is 16.5. The number of ether oxygens (including phenoxy) is 1. The molecule has 0 saturated carbocycles. The molecule has 2 heterocycles. The quantitative estimate of drug-likeness (QED) is 0.714. The predicted molar refractivity (Wildman–Crippen MR) is 111 cm³/mol. The molecule has 2 aromatic carbocycles. The Balaban J connectivity index is 1.26. The Morgan fingerprint density at radius 2 is 1.83 bits per heavy atom. The number of nitrogens with zero attached hydrogens (tertiary/aromatic N) is 2. The summed E-state index contributed by atoms with van der Waals surface area (Å²) in [5, 5.41) is 2.86. The zero-order valence-electron chi connectivity index (χ0n) is 17.0. The summed E-state index contributed by atoms with van der Waals surface area (Å²) in [7, 11) is 1.62. The third-order valence-corrected chi connectivity index (χ3v) is 5.73. The van der Waals surface area contributed by atoms with E-state index in [4.69, 9.17) is 4.74 Å². The SMILES string of the molecule is COc1ccc(CCNC(=O)CCN2C(=O)[C@@H]3Cc4ccccc4CN3C2=O)cc1. The summed E-state index contributed by atoms with van der Waals surface area (Å²) in [6, 6.07) is 14.8. The fraction of sp³-hybridized carbons (Fsp3) is 0.348. The van der Waals surface area contributed by atoms with Gasteiger partial charge in [0.1, 0.15) is 11.8 Å². The summed E-state index contributed by atoms with van der Waals surface area (Å²) in [6.45, 7) is 1.04. The van der Waals surface area contributed by atoms with Gasteiger partial charge in [0.25, 0.3) is 5.91 Å². The van der Waals surface area contributed by atoms with Crippen molar-refractivity contribution >= 4 is 17.8 Å². The number of nitrogens with one attached hydrogen (secondary N) is 1. The maximum atomic E-state index is 12.7. The monoisotopic (exact) mass is 407 g/mol. The third kappa shape index (κ3) is 4.01. The van der Waals surface area contributed by atoms with Crippen LogP contribution in [0.2, 0.25) is 0 Å². The van der Waals surface area contributed by atoms with Gasteiger partial charge in [0.15, 0.2) is 0 Å². The lowest BCUT2D eigenvalue weighted by atomic mass is 9.95. The highest BCUT2D eigenvalue weighted by Gasteiger charge is 2.46. The van der Waals surface area contributed by atoms with Crippen LogP contribution in [-0.4, -0.2) is 53.9 Å². The summed E-state index contributed by atoms with van der Waals surface area (Å²) in [5.41, 5.74) is 3.28. The number of rotatable bonds is 7. The largest absolute Gasteiger partial charge is 0.497 e. The number of imide groups is 1. The maximum Gasteiger partial charge on any atom is 0.327 e. The molecule has 30 heavy (non-hydrogen) atoms. The Kier molecular flexibility index (Phi) is 5.70. The number of hydrogen-bond donors (Lipinski definition) is 1. The third-order valence-electron chi connectivity index (χ3n) is 5.73. The van der Waals surface area contributed by atoms with Gasteiger partial charge >= 0.3 is 6.03 Å². The average Bonchev–Trinajstić information content (AvgIpc) is 3.00. The maximum absolute atomic E-state index is 12.7. The number of carbonyl (C=O) groups is 3. The smallest absolute Gasteiger partial charge is 0.327 e. The van der Waals surface area contributed by atoms with Gasteiger partial charge in [-0.3, -0.25) is 14.5 Å². The van der Waals surface area contributed by atoms with Crippen molar-refractivity contribution in [3.63, 3.8) is 0 Å². The molecule has 7 nitrogen and oxygen atoms in total. The Morgan fingerprint density at radius 1 is 1.10 bits per heavy atom. The molecule has 4 rings (SSSR count). The number of methoxy groups -OCH3 is 1. The first-order valence-corrected chi connectivity index (χ1v) is 10.1. The molecular formula is C23H25N3O4. The van der Waals surface area contributed by atoms with Crippen molar-refractivity contribution in [2.24, 2.45) is 0 Å². The van der Waals surface area contributed by atoms with Gasteiger partial charge < -0.3 is 15.0 Å². The number of benzene rings is 2. The molecular weight excluding hydrogens is 382 g/mol. The van der Waals surface area contributed by atoms with E-state index in [1.54, 1.807) is 12.0 Å². The molecule has 0 aliphatic carbocycles. The van der Waals surface area contributed by atoms with E-state index in [-0.39, 0.29) is 30.8 Å². The Hall–Kier alpha value is -3.35. The summed E-state index contributed by atoms with van der Waals surface area (Å²) in [6.07, 6.45) is 1.34. The molecule has 1 N–H and O–H groups in total. The fourth-order valence-electron chi connectivity index (χ4n) is 4.02. The summed E-state index contributed by atoms with van der Waals surface area (Å²) >= 11 is 0. The molecule has 0 unspecified atom stereocenters. The molecule has 2 aromatic rings. The number of hydrogen-bond acceptors (Lipinski definition) is 4. The average molecular weight is 407 g/mol. The van der Waals surface area contributed by atoms with Crippen molar-refractivity contribution in [1.82, 2.24) is 15.1 Å². The van der Waals surface area contributed by atoms with Crippen molar-refractivity contribution in [3.8, 4) is 5.75 Å². The molecule has 1 fully saturated rings. The topological polar surface area (TPSA) is 79.0 Å². The van der Waals surface area contributed by atoms with Crippen molar-refractivity contribution in [3.05, 3.63) is 65.2 Å². The van der Waals surface area contributed by atoms with Gasteiger partial charge in [-0.05, 0) is 35.2 Å². The first-order valence-electron chi connectivity index (χ1n) is 10.1. The van der Waals surface area contributed by atoms with Crippen LogP contribution < -0.4 is 10.1 Å². The summed E-state index contributed by atoms with van der Waals surface area (Å²) in [4.78, 5) is 40.5. The highest BCUT2D eigenvalue weighted by molar-refractivity contribution is 6.04. The van der Waals surface area contributed by atoms with Gasteiger partial charge in [-0.1, -0.05) is 36.4 Å². The van der Waals surface area contributed by atoms with E-state index in [9.17, 15) is 14.4 Å². The van der Waals surface area contributed by atoms with E-state index in [2.05, 4.69) is 5.32 Å². The molecule has 1 saturated heterocycles. The highest BCUT2D eigenvalue weighted by Crippen LogP contribution is 2.29. The predicted octanol–water partition coefficient (Wildman–Crippen LogP) is 2.13. The fourth-order valence-corrected chi connectivity index (χ4v) is 4.02. The van der Waals surface area contributed by atoms with E-state index in [0.717, 1.165) is 22.4 Å². The Morgan fingerprint density at radius 3 is 2.57 bits per heavy atom. The van der Waals surface area contributed by atoms with E-state index < -0.39 is 6.04 Å². The van der Waals surface area contributed by atoms with Crippen LogP contribution in [0, 0.1) is 0 Å². The second-order valence-corrected chi connectivity index (χ2v) is 7.59. The lowest BCUT2D eigenvalue weighted by molar-refractivity contribution is -0.129. The Bertz CT molecular complexity index is 914. The van der Waals surface area contributed by atoms with Gasteiger partial charge in [0.2, 0.25) is 5.91 Å². The van der Waals surface area contributed by atoms with Gasteiger partial charge in [0, 0.05) is 32.5 Å². The van der Waals surface area contributed by atoms with Crippen LogP contribution in [0.3, 0.4) is 0 Å². The normalized spacial score (nSPS) is 17.6. The van der Waals surface area contributed by atoms with E-state index >= 15 is 0 Å².